The van der Waals surface area contributed by atoms with Crippen molar-refractivity contribution < 1.29 is 4.74 Å². The molecule has 1 aromatic rings. The highest BCUT2D eigenvalue weighted by atomic mass is 16.5. The summed E-state index contributed by atoms with van der Waals surface area (Å²) in [6, 6.07) is 4.37. The van der Waals surface area contributed by atoms with Crippen molar-refractivity contribution in [3.63, 3.8) is 0 Å². The van der Waals surface area contributed by atoms with Gasteiger partial charge in [0.2, 0.25) is 0 Å². The fourth-order valence-electron chi connectivity index (χ4n) is 3.19. The summed E-state index contributed by atoms with van der Waals surface area (Å²) in [5.74, 6) is 1.27. The van der Waals surface area contributed by atoms with Crippen molar-refractivity contribution in [2.75, 3.05) is 6.61 Å². The Balaban J connectivity index is 1.90. The van der Waals surface area contributed by atoms with Crippen molar-refractivity contribution in [3.8, 4) is 0 Å². The first kappa shape index (κ1) is 8.68. The van der Waals surface area contributed by atoms with E-state index in [1.54, 1.807) is 0 Å². The number of fused-ring (bicyclic) bond motifs is 3. The minimum absolute atomic E-state index is 0.815. The van der Waals surface area contributed by atoms with E-state index in [9.17, 15) is 0 Å². The van der Waals surface area contributed by atoms with Crippen LogP contribution in [-0.4, -0.2) is 11.2 Å². The molecule has 16 heavy (non-hydrogen) atoms. The van der Waals surface area contributed by atoms with Gasteiger partial charge in [-0.15, -0.1) is 0 Å². The Labute approximate surface area is 95.2 Å². The first-order valence-corrected chi connectivity index (χ1v) is 6.17. The van der Waals surface area contributed by atoms with Gasteiger partial charge in [0.05, 0.1) is 5.70 Å². The number of rotatable bonds is 0. The summed E-state index contributed by atoms with van der Waals surface area (Å²) in [5.41, 5.74) is 5.87. The SMILES string of the molecule is c1cc2n(c1)C1=C(COC3=C1CCCC3)C2. The van der Waals surface area contributed by atoms with E-state index in [2.05, 4.69) is 22.9 Å². The van der Waals surface area contributed by atoms with Gasteiger partial charge in [-0.05, 0) is 37.0 Å². The Morgan fingerprint density at radius 1 is 1.19 bits per heavy atom. The Morgan fingerprint density at radius 3 is 3.12 bits per heavy atom. The molecular formula is C14H15NO. The zero-order valence-electron chi connectivity index (χ0n) is 9.33. The minimum Gasteiger partial charge on any atom is -0.493 e. The van der Waals surface area contributed by atoms with Crippen LogP contribution in [0.2, 0.25) is 0 Å². The third kappa shape index (κ3) is 1.02. The summed E-state index contributed by atoms with van der Waals surface area (Å²) in [6.45, 7) is 0.815. The van der Waals surface area contributed by atoms with E-state index < -0.39 is 0 Å². The van der Waals surface area contributed by atoms with E-state index in [4.69, 9.17) is 4.74 Å². The van der Waals surface area contributed by atoms with E-state index in [0.29, 0.717) is 0 Å². The summed E-state index contributed by atoms with van der Waals surface area (Å²) >= 11 is 0. The van der Waals surface area contributed by atoms with Gasteiger partial charge in [0.15, 0.2) is 0 Å². The van der Waals surface area contributed by atoms with Crippen LogP contribution in [0.1, 0.15) is 31.4 Å². The minimum atomic E-state index is 0.815. The molecule has 0 unspecified atom stereocenters. The lowest BCUT2D eigenvalue weighted by atomic mass is 9.92. The Morgan fingerprint density at radius 2 is 2.12 bits per heavy atom. The van der Waals surface area contributed by atoms with Crippen LogP contribution < -0.4 is 0 Å². The number of allylic oxidation sites excluding steroid dienone is 3. The van der Waals surface area contributed by atoms with Gasteiger partial charge in [-0.1, -0.05) is 0 Å². The maximum Gasteiger partial charge on any atom is 0.112 e. The lowest BCUT2D eigenvalue weighted by Crippen LogP contribution is -2.14. The molecule has 4 rings (SSSR count). The molecule has 0 atom stereocenters. The molecule has 0 N–H and O–H groups in total. The second-order valence-corrected chi connectivity index (χ2v) is 4.90. The zero-order valence-corrected chi connectivity index (χ0v) is 9.33. The van der Waals surface area contributed by atoms with Crippen LogP contribution in [-0.2, 0) is 11.2 Å². The van der Waals surface area contributed by atoms with Crippen molar-refractivity contribution in [1.82, 2.24) is 4.57 Å². The lowest BCUT2D eigenvalue weighted by molar-refractivity contribution is 0.211. The number of ether oxygens (including phenoxy) is 1. The van der Waals surface area contributed by atoms with Gasteiger partial charge >= 0.3 is 0 Å². The topological polar surface area (TPSA) is 14.2 Å². The summed E-state index contributed by atoms with van der Waals surface area (Å²) in [4.78, 5) is 0. The zero-order chi connectivity index (χ0) is 10.5. The Kier molecular flexibility index (Phi) is 1.65. The number of nitrogens with zero attached hydrogens (tertiary/aromatic N) is 1. The van der Waals surface area contributed by atoms with Crippen LogP contribution in [0.25, 0.3) is 5.70 Å². The fraction of sp³-hybridized carbons (Fsp3) is 0.429. The van der Waals surface area contributed by atoms with E-state index in [0.717, 1.165) is 19.4 Å². The normalized spacial score (nSPS) is 22.8. The van der Waals surface area contributed by atoms with Crippen LogP contribution in [0, 0.1) is 0 Å². The molecule has 3 heterocycles. The predicted octanol–water partition coefficient (Wildman–Crippen LogP) is 3.11. The fourth-order valence-corrected chi connectivity index (χ4v) is 3.19. The van der Waals surface area contributed by atoms with Gasteiger partial charge in [-0.3, -0.25) is 0 Å². The molecule has 0 radical (unpaired) electrons. The first-order chi connectivity index (χ1) is 7.93. The highest BCUT2D eigenvalue weighted by molar-refractivity contribution is 5.74. The second-order valence-electron chi connectivity index (χ2n) is 4.90. The average molecular weight is 213 g/mol. The number of hydrogen-bond acceptors (Lipinski definition) is 1. The van der Waals surface area contributed by atoms with E-state index >= 15 is 0 Å². The molecule has 0 aromatic carbocycles. The quantitative estimate of drug-likeness (QED) is 0.646. The average Bonchev–Trinajstić information content (AvgIpc) is 2.88. The molecule has 0 amide bonds. The van der Waals surface area contributed by atoms with Gasteiger partial charge in [0, 0.05) is 30.3 Å². The summed E-state index contributed by atoms with van der Waals surface area (Å²) < 4.78 is 8.28. The standard InChI is InChI=1S/C14H15NO/c1-2-6-13-12(5-1)14-10(9-16-13)8-11-4-3-7-15(11)14/h3-4,7H,1-2,5-6,8-9H2. The molecule has 0 saturated carbocycles. The molecule has 2 aliphatic heterocycles. The molecule has 1 aromatic heterocycles. The van der Waals surface area contributed by atoms with Crippen LogP contribution in [0.3, 0.4) is 0 Å². The molecule has 3 aliphatic rings. The highest BCUT2D eigenvalue weighted by Gasteiger charge is 2.30. The van der Waals surface area contributed by atoms with Crippen molar-refractivity contribution >= 4 is 5.70 Å². The highest BCUT2D eigenvalue weighted by Crippen LogP contribution is 2.42. The largest absolute Gasteiger partial charge is 0.493 e. The van der Waals surface area contributed by atoms with Crippen molar-refractivity contribution in [2.24, 2.45) is 0 Å². The summed E-state index contributed by atoms with van der Waals surface area (Å²) in [6.07, 6.45) is 8.23. The smallest absolute Gasteiger partial charge is 0.112 e. The van der Waals surface area contributed by atoms with Gasteiger partial charge in [-0.25, -0.2) is 0 Å². The third-order valence-electron chi connectivity index (χ3n) is 3.93. The maximum absolute atomic E-state index is 5.90. The molecule has 82 valence electrons. The van der Waals surface area contributed by atoms with Gasteiger partial charge in [0.1, 0.15) is 12.4 Å². The van der Waals surface area contributed by atoms with Crippen LogP contribution in [0.5, 0.6) is 0 Å². The Hall–Kier alpha value is -1.44. The van der Waals surface area contributed by atoms with Crippen LogP contribution >= 0.6 is 0 Å². The van der Waals surface area contributed by atoms with Crippen LogP contribution in [0.15, 0.2) is 35.2 Å². The molecule has 0 saturated heterocycles. The van der Waals surface area contributed by atoms with E-state index in [1.165, 1.54) is 47.6 Å². The predicted molar refractivity (Wildman–Crippen MR) is 62.8 cm³/mol. The summed E-state index contributed by atoms with van der Waals surface area (Å²) in [7, 11) is 0. The maximum atomic E-state index is 5.90. The van der Waals surface area contributed by atoms with Gasteiger partial charge < -0.3 is 9.30 Å². The monoisotopic (exact) mass is 213 g/mol. The Bertz CT molecular complexity index is 519. The van der Waals surface area contributed by atoms with Crippen molar-refractivity contribution in [3.05, 3.63) is 40.9 Å². The molecule has 0 spiro atoms. The van der Waals surface area contributed by atoms with E-state index in [1.807, 2.05) is 0 Å². The first-order valence-electron chi connectivity index (χ1n) is 6.17. The lowest BCUT2D eigenvalue weighted by Gasteiger charge is -2.27. The van der Waals surface area contributed by atoms with E-state index in [-0.39, 0.29) is 0 Å². The molecule has 1 aliphatic carbocycles. The molecule has 0 fully saturated rings. The second kappa shape index (κ2) is 3.03. The van der Waals surface area contributed by atoms with Crippen molar-refractivity contribution in [2.45, 2.75) is 32.1 Å². The molecule has 2 nitrogen and oxygen atoms in total. The molecular weight excluding hydrogens is 198 g/mol. The van der Waals surface area contributed by atoms with Gasteiger partial charge in [-0.2, -0.15) is 0 Å². The van der Waals surface area contributed by atoms with Gasteiger partial charge in [0.25, 0.3) is 0 Å². The third-order valence-corrected chi connectivity index (χ3v) is 3.93. The number of aromatic nitrogens is 1. The molecule has 2 heteroatoms. The summed E-state index contributed by atoms with van der Waals surface area (Å²) in [5, 5.41) is 0. The molecule has 0 bridgehead atoms. The number of hydrogen-bond donors (Lipinski definition) is 0. The van der Waals surface area contributed by atoms with Crippen LogP contribution in [0.4, 0.5) is 0 Å². The van der Waals surface area contributed by atoms with Crippen molar-refractivity contribution in [1.29, 1.82) is 0 Å².